The van der Waals surface area contributed by atoms with Gasteiger partial charge in [-0.2, -0.15) is 5.26 Å². The summed E-state index contributed by atoms with van der Waals surface area (Å²) in [6.45, 7) is 2.03. The number of amides is 1. The molecule has 0 aromatic heterocycles. The molecule has 0 aliphatic carbocycles. The van der Waals surface area contributed by atoms with Crippen LogP contribution in [-0.2, 0) is 4.79 Å². The van der Waals surface area contributed by atoms with Crippen molar-refractivity contribution in [1.82, 2.24) is 4.90 Å². The number of aliphatic hydroxyl groups excluding tert-OH is 1. The van der Waals surface area contributed by atoms with Gasteiger partial charge in [0, 0.05) is 12.5 Å². The number of nitriles is 1. The number of hydrogen-bond donors (Lipinski definition) is 2. The van der Waals surface area contributed by atoms with Crippen molar-refractivity contribution >= 4 is 11.6 Å². The molecule has 2 N–H and O–H groups in total. The molecule has 5 heteroatoms. The monoisotopic (exact) mass is 287 g/mol. The molecule has 5 nitrogen and oxygen atoms in total. The van der Waals surface area contributed by atoms with Crippen LogP contribution in [0.15, 0.2) is 24.3 Å². The molecule has 1 aliphatic heterocycles. The molecule has 1 atom stereocenters. The quantitative estimate of drug-likeness (QED) is 0.835. The smallest absolute Gasteiger partial charge is 0.224 e. The zero-order valence-electron chi connectivity index (χ0n) is 12.1. The maximum absolute atomic E-state index is 11.9. The summed E-state index contributed by atoms with van der Waals surface area (Å²) in [5.74, 6) is -0.0718. The minimum absolute atomic E-state index is 0.0718. The van der Waals surface area contributed by atoms with Gasteiger partial charge in [-0.05, 0) is 44.5 Å². The molecule has 1 aromatic carbocycles. The third kappa shape index (κ3) is 4.28. The van der Waals surface area contributed by atoms with E-state index in [0.29, 0.717) is 17.7 Å². The second-order valence-corrected chi connectivity index (χ2v) is 5.32. The molecule has 1 heterocycles. The molecule has 1 aliphatic rings. The lowest BCUT2D eigenvalue weighted by Gasteiger charge is -2.22. The summed E-state index contributed by atoms with van der Waals surface area (Å²) in [6.07, 6.45) is 3.34. The lowest BCUT2D eigenvalue weighted by atomic mass is 10.2. The molecule has 2 rings (SSSR count). The molecular formula is C16H21N3O2. The Balaban J connectivity index is 1.76. The lowest BCUT2D eigenvalue weighted by molar-refractivity contribution is -0.116. The highest BCUT2D eigenvalue weighted by Crippen LogP contribution is 2.17. The van der Waals surface area contributed by atoms with Crippen molar-refractivity contribution in [3.05, 3.63) is 29.8 Å². The van der Waals surface area contributed by atoms with E-state index in [2.05, 4.69) is 16.3 Å². The van der Waals surface area contributed by atoms with Crippen LogP contribution < -0.4 is 5.32 Å². The van der Waals surface area contributed by atoms with E-state index in [4.69, 9.17) is 5.26 Å². The molecule has 0 spiro atoms. The van der Waals surface area contributed by atoms with Crippen molar-refractivity contribution in [3.63, 3.8) is 0 Å². The molecule has 0 saturated carbocycles. The van der Waals surface area contributed by atoms with E-state index in [1.165, 1.54) is 0 Å². The first-order chi connectivity index (χ1) is 10.2. The number of rotatable bonds is 6. The predicted molar refractivity (Wildman–Crippen MR) is 80.7 cm³/mol. The highest BCUT2D eigenvalue weighted by molar-refractivity contribution is 5.92. The molecule has 1 fully saturated rings. The van der Waals surface area contributed by atoms with Gasteiger partial charge >= 0.3 is 0 Å². The first-order valence-electron chi connectivity index (χ1n) is 7.38. The Bertz CT molecular complexity index is 524. The van der Waals surface area contributed by atoms with Gasteiger partial charge in [0.25, 0.3) is 0 Å². The van der Waals surface area contributed by atoms with Gasteiger partial charge in [-0.25, -0.2) is 0 Å². The largest absolute Gasteiger partial charge is 0.395 e. The topological polar surface area (TPSA) is 76.4 Å². The molecule has 1 aromatic rings. The van der Waals surface area contributed by atoms with Crippen molar-refractivity contribution in [1.29, 1.82) is 5.26 Å². The Morgan fingerprint density at radius 2 is 2.29 bits per heavy atom. The van der Waals surface area contributed by atoms with Crippen LogP contribution in [0.3, 0.4) is 0 Å². The third-order valence-electron chi connectivity index (χ3n) is 3.88. The van der Waals surface area contributed by atoms with E-state index >= 15 is 0 Å². The van der Waals surface area contributed by atoms with Crippen molar-refractivity contribution in [3.8, 4) is 6.07 Å². The number of para-hydroxylation sites is 1. The van der Waals surface area contributed by atoms with Crippen LogP contribution in [-0.4, -0.2) is 41.7 Å². The average molecular weight is 287 g/mol. The van der Waals surface area contributed by atoms with E-state index in [1.807, 2.05) is 0 Å². The predicted octanol–water partition coefficient (Wildman–Crippen LogP) is 1.73. The Morgan fingerprint density at radius 3 is 3.05 bits per heavy atom. The minimum atomic E-state index is -0.0718. The summed E-state index contributed by atoms with van der Waals surface area (Å²) in [7, 11) is 0. The summed E-state index contributed by atoms with van der Waals surface area (Å²) in [5.41, 5.74) is 1.05. The van der Waals surface area contributed by atoms with E-state index in [0.717, 1.165) is 32.4 Å². The number of anilines is 1. The maximum Gasteiger partial charge on any atom is 0.224 e. The van der Waals surface area contributed by atoms with Gasteiger partial charge in [0.2, 0.25) is 5.91 Å². The van der Waals surface area contributed by atoms with E-state index in [1.54, 1.807) is 24.3 Å². The summed E-state index contributed by atoms with van der Waals surface area (Å²) < 4.78 is 0. The SMILES string of the molecule is N#Cc1ccccc1NC(=O)CCCN1CCCC1CO. The number of aliphatic hydroxyl groups is 1. The first kappa shape index (κ1) is 15.5. The van der Waals surface area contributed by atoms with Crippen LogP contribution in [0.2, 0.25) is 0 Å². The summed E-state index contributed by atoms with van der Waals surface area (Å²) in [6, 6.07) is 9.31. The number of likely N-dealkylation sites (tertiary alicyclic amines) is 1. The zero-order valence-corrected chi connectivity index (χ0v) is 12.1. The standard InChI is InChI=1S/C16H21N3O2/c17-11-13-5-1-2-7-15(13)18-16(21)8-4-10-19-9-3-6-14(19)12-20/h1-2,5,7,14,20H,3-4,6,8-10,12H2,(H,18,21). The Morgan fingerprint density at radius 1 is 1.48 bits per heavy atom. The lowest BCUT2D eigenvalue weighted by Crippen LogP contribution is -2.33. The maximum atomic E-state index is 11.9. The van der Waals surface area contributed by atoms with Crippen LogP contribution in [0, 0.1) is 11.3 Å². The van der Waals surface area contributed by atoms with Gasteiger partial charge in [0.1, 0.15) is 6.07 Å². The molecule has 0 bridgehead atoms. The summed E-state index contributed by atoms with van der Waals surface area (Å²) >= 11 is 0. The van der Waals surface area contributed by atoms with Crippen molar-refractivity contribution < 1.29 is 9.90 Å². The van der Waals surface area contributed by atoms with Crippen molar-refractivity contribution in [2.45, 2.75) is 31.7 Å². The van der Waals surface area contributed by atoms with Crippen LogP contribution in [0.5, 0.6) is 0 Å². The molecule has 1 unspecified atom stereocenters. The van der Waals surface area contributed by atoms with Gasteiger partial charge in [0.05, 0.1) is 17.9 Å². The van der Waals surface area contributed by atoms with Gasteiger partial charge in [-0.1, -0.05) is 12.1 Å². The van der Waals surface area contributed by atoms with Crippen LogP contribution in [0.25, 0.3) is 0 Å². The molecular weight excluding hydrogens is 266 g/mol. The molecule has 21 heavy (non-hydrogen) atoms. The summed E-state index contributed by atoms with van der Waals surface area (Å²) in [4.78, 5) is 14.2. The fourth-order valence-corrected chi connectivity index (χ4v) is 2.74. The number of nitrogens with one attached hydrogen (secondary N) is 1. The van der Waals surface area contributed by atoms with Gasteiger partial charge in [-0.3, -0.25) is 9.69 Å². The molecule has 0 radical (unpaired) electrons. The van der Waals surface area contributed by atoms with Gasteiger partial charge in [0.15, 0.2) is 0 Å². The zero-order chi connectivity index (χ0) is 15.1. The number of nitrogens with zero attached hydrogens (tertiary/aromatic N) is 2. The second kappa shape index (κ2) is 7.77. The Kier molecular flexibility index (Phi) is 5.73. The van der Waals surface area contributed by atoms with Gasteiger partial charge < -0.3 is 10.4 Å². The first-order valence-corrected chi connectivity index (χ1v) is 7.38. The molecule has 1 saturated heterocycles. The Hall–Kier alpha value is -1.90. The number of benzene rings is 1. The van der Waals surface area contributed by atoms with Crippen molar-refractivity contribution in [2.75, 3.05) is 25.0 Å². The van der Waals surface area contributed by atoms with Crippen LogP contribution in [0.4, 0.5) is 5.69 Å². The Labute approximate surface area is 125 Å². The molecule has 1 amide bonds. The summed E-state index contributed by atoms with van der Waals surface area (Å²) in [5, 5.41) is 21.0. The van der Waals surface area contributed by atoms with E-state index < -0.39 is 0 Å². The molecule has 112 valence electrons. The third-order valence-corrected chi connectivity index (χ3v) is 3.88. The van der Waals surface area contributed by atoms with E-state index in [9.17, 15) is 9.90 Å². The number of hydrogen-bond acceptors (Lipinski definition) is 4. The fourth-order valence-electron chi connectivity index (χ4n) is 2.74. The number of carbonyl (C=O) groups excluding carboxylic acids is 1. The van der Waals surface area contributed by atoms with Gasteiger partial charge in [-0.15, -0.1) is 0 Å². The highest BCUT2D eigenvalue weighted by Gasteiger charge is 2.23. The average Bonchev–Trinajstić information content (AvgIpc) is 2.95. The second-order valence-electron chi connectivity index (χ2n) is 5.32. The van der Waals surface area contributed by atoms with Crippen LogP contribution >= 0.6 is 0 Å². The minimum Gasteiger partial charge on any atom is -0.395 e. The highest BCUT2D eigenvalue weighted by atomic mass is 16.3. The van der Waals surface area contributed by atoms with Crippen molar-refractivity contribution in [2.24, 2.45) is 0 Å². The number of carbonyl (C=O) groups is 1. The van der Waals surface area contributed by atoms with E-state index in [-0.39, 0.29) is 18.6 Å². The van der Waals surface area contributed by atoms with Crippen LogP contribution in [0.1, 0.15) is 31.2 Å². The normalized spacial score (nSPS) is 18.4. The fraction of sp³-hybridized carbons (Fsp3) is 0.500.